The van der Waals surface area contributed by atoms with Gasteiger partial charge < -0.3 is 16.0 Å². The molecule has 3 N–H and O–H groups in total. The molecule has 2 atom stereocenters. The Bertz CT molecular complexity index is 1490. The summed E-state index contributed by atoms with van der Waals surface area (Å²) < 4.78 is 124. The summed E-state index contributed by atoms with van der Waals surface area (Å²) in [5.41, 5.74) is 2.42. The standard InChI is InChI=1S/C29H32F9N7/c1-15-7-22-23(40-12-18-8-20(27(30,31)32)11-21(9-18)28(33,34)35)10-19(26-41-43-45(42-26)6-5-39)14-44(13-17-3-4-17)25(22)16(2)24(15)29(36,37)38/h7-9,11,17,19,23,40H,3-6,10,12-14,39H2,1-2H3/t19-,23?/m0/s1. The normalized spacial score (nSPS) is 19.5. The zero-order valence-corrected chi connectivity index (χ0v) is 24.4. The van der Waals surface area contributed by atoms with Crippen molar-refractivity contribution in [3.8, 4) is 0 Å². The Morgan fingerprint density at radius 3 is 2.11 bits per heavy atom. The number of rotatable bonds is 8. The van der Waals surface area contributed by atoms with Crippen molar-refractivity contribution in [3.05, 3.63) is 69.0 Å². The Morgan fingerprint density at radius 2 is 1.56 bits per heavy atom. The second-order valence-corrected chi connectivity index (χ2v) is 11.8. The monoisotopic (exact) mass is 649 g/mol. The van der Waals surface area contributed by atoms with Gasteiger partial charge in [-0.2, -0.15) is 44.3 Å². The lowest BCUT2D eigenvalue weighted by atomic mass is 9.90. The number of aromatic nitrogens is 4. The number of hydrogen-bond donors (Lipinski definition) is 2. The van der Waals surface area contributed by atoms with Gasteiger partial charge in [-0.1, -0.05) is 6.07 Å². The van der Waals surface area contributed by atoms with E-state index in [2.05, 4.69) is 20.7 Å². The summed E-state index contributed by atoms with van der Waals surface area (Å²) in [6.07, 6.45) is -12.7. The second kappa shape index (κ2) is 12.1. The highest BCUT2D eigenvalue weighted by atomic mass is 19.4. The number of nitrogens with two attached hydrogens (primary N) is 1. The minimum atomic E-state index is -5.03. The predicted molar refractivity (Wildman–Crippen MR) is 146 cm³/mol. The summed E-state index contributed by atoms with van der Waals surface area (Å²) >= 11 is 0. The van der Waals surface area contributed by atoms with E-state index in [1.807, 2.05) is 4.90 Å². The summed E-state index contributed by atoms with van der Waals surface area (Å²) in [6, 6.07) is 1.97. The van der Waals surface area contributed by atoms with Gasteiger partial charge in [-0.05, 0) is 84.7 Å². The highest BCUT2D eigenvalue weighted by molar-refractivity contribution is 5.66. The molecule has 1 aliphatic carbocycles. The lowest BCUT2D eigenvalue weighted by Gasteiger charge is -2.31. The van der Waals surface area contributed by atoms with Gasteiger partial charge in [-0.25, -0.2) is 0 Å². The largest absolute Gasteiger partial charge is 0.416 e. The van der Waals surface area contributed by atoms with E-state index >= 15 is 0 Å². The summed E-state index contributed by atoms with van der Waals surface area (Å²) in [7, 11) is 0. The average Bonchev–Trinajstić information content (AvgIpc) is 3.64. The fraction of sp³-hybridized carbons (Fsp3) is 0.552. The van der Waals surface area contributed by atoms with E-state index in [0.29, 0.717) is 35.8 Å². The molecule has 16 heteroatoms. The number of benzene rings is 2. The van der Waals surface area contributed by atoms with Gasteiger partial charge in [0.05, 0.1) is 23.2 Å². The lowest BCUT2D eigenvalue weighted by molar-refractivity contribution is -0.143. The molecule has 246 valence electrons. The number of aryl methyl sites for hydroxylation is 1. The smallest absolute Gasteiger partial charge is 0.370 e. The van der Waals surface area contributed by atoms with Crippen LogP contribution in [0.1, 0.15) is 76.0 Å². The predicted octanol–water partition coefficient (Wildman–Crippen LogP) is 6.54. The average molecular weight is 650 g/mol. The molecule has 0 amide bonds. The lowest BCUT2D eigenvalue weighted by Crippen LogP contribution is -2.31. The van der Waals surface area contributed by atoms with E-state index in [0.717, 1.165) is 12.8 Å². The van der Waals surface area contributed by atoms with E-state index in [4.69, 9.17) is 5.73 Å². The van der Waals surface area contributed by atoms with E-state index in [1.165, 1.54) is 24.7 Å². The van der Waals surface area contributed by atoms with Gasteiger partial charge in [0.15, 0.2) is 5.82 Å². The molecule has 7 nitrogen and oxygen atoms in total. The van der Waals surface area contributed by atoms with E-state index in [9.17, 15) is 39.5 Å². The first-order chi connectivity index (χ1) is 21.0. The van der Waals surface area contributed by atoms with E-state index in [-0.39, 0.29) is 54.7 Å². The quantitative estimate of drug-likeness (QED) is 0.270. The van der Waals surface area contributed by atoms with Crippen molar-refractivity contribution in [2.75, 3.05) is 24.5 Å². The van der Waals surface area contributed by atoms with Crippen molar-refractivity contribution in [1.29, 1.82) is 0 Å². The minimum Gasteiger partial charge on any atom is -0.370 e. The Labute approximate surface area is 252 Å². The van der Waals surface area contributed by atoms with Gasteiger partial charge in [0.1, 0.15) is 0 Å². The maximum absolute atomic E-state index is 14.3. The van der Waals surface area contributed by atoms with Gasteiger partial charge in [0, 0.05) is 43.8 Å². The van der Waals surface area contributed by atoms with E-state index in [1.54, 1.807) is 0 Å². The summed E-state index contributed by atoms with van der Waals surface area (Å²) in [5.74, 6) is 0.0963. The third-order valence-electron chi connectivity index (χ3n) is 8.24. The fourth-order valence-corrected chi connectivity index (χ4v) is 6.12. The molecule has 0 radical (unpaired) electrons. The fourth-order valence-electron chi connectivity index (χ4n) is 6.12. The molecule has 2 heterocycles. The van der Waals surface area contributed by atoms with Crippen LogP contribution < -0.4 is 16.0 Å². The number of hydrogen-bond acceptors (Lipinski definition) is 6. The maximum Gasteiger partial charge on any atom is 0.416 e. The Balaban J connectivity index is 1.60. The van der Waals surface area contributed by atoms with Crippen molar-refractivity contribution in [2.24, 2.45) is 11.7 Å². The molecular weight excluding hydrogens is 617 g/mol. The number of fused-ring (bicyclic) bond motifs is 1. The molecule has 2 aliphatic rings. The molecule has 0 saturated heterocycles. The molecule has 0 bridgehead atoms. The van der Waals surface area contributed by atoms with Gasteiger partial charge in [-0.15, -0.1) is 10.2 Å². The topological polar surface area (TPSA) is 84.9 Å². The first-order valence-electron chi connectivity index (χ1n) is 14.4. The zero-order valence-electron chi connectivity index (χ0n) is 24.4. The molecule has 3 aromatic rings. The van der Waals surface area contributed by atoms with Crippen LogP contribution in [0.5, 0.6) is 0 Å². The number of nitrogens with one attached hydrogen (secondary N) is 1. The van der Waals surface area contributed by atoms with Crippen LogP contribution in [0.4, 0.5) is 45.2 Å². The molecule has 1 aliphatic heterocycles. The molecular formula is C29H32F9N7. The Kier molecular flexibility index (Phi) is 8.85. The van der Waals surface area contributed by atoms with Gasteiger partial charge in [-0.3, -0.25) is 0 Å². The van der Waals surface area contributed by atoms with Gasteiger partial charge >= 0.3 is 18.5 Å². The van der Waals surface area contributed by atoms with Crippen LogP contribution in [-0.4, -0.2) is 39.8 Å². The SMILES string of the molecule is Cc1cc2c(c(C)c1C(F)(F)F)N(CC1CC1)C[C@@H](c1nnn(CCN)n1)CC2NCc1cc(C(F)(F)F)cc(C(F)(F)F)c1. The van der Waals surface area contributed by atoms with Crippen LogP contribution in [0.15, 0.2) is 24.3 Å². The van der Waals surface area contributed by atoms with Crippen LogP contribution in [-0.2, 0) is 31.6 Å². The van der Waals surface area contributed by atoms with Crippen LogP contribution in [0, 0.1) is 19.8 Å². The van der Waals surface area contributed by atoms with Crippen molar-refractivity contribution < 1.29 is 39.5 Å². The minimum absolute atomic E-state index is 0.00349. The molecule has 1 aromatic heterocycles. The molecule has 2 aromatic carbocycles. The summed E-state index contributed by atoms with van der Waals surface area (Å²) in [4.78, 5) is 3.19. The maximum atomic E-state index is 14.3. The second-order valence-electron chi connectivity index (χ2n) is 11.8. The number of anilines is 1. The summed E-state index contributed by atoms with van der Waals surface area (Å²) in [5, 5.41) is 15.7. The highest BCUT2D eigenvalue weighted by Gasteiger charge is 2.41. The van der Waals surface area contributed by atoms with Crippen LogP contribution >= 0.6 is 0 Å². The van der Waals surface area contributed by atoms with Crippen LogP contribution in [0.25, 0.3) is 0 Å². The number of nitrogens with zero attached hydrogens (tertiary/aromatic N) is 5. The molecule has 0 spiro atoms. The first kappa shape index (κ1) is 33.0. The third kappa shape index (κ3) is 7.37. The molecule has 1 fully saturated rings. The summed E-state index contributed by atoms with van der Waals surface area (Å²) in [6.45, 7) is 3.53. The number of halogens is 9. The van der Waals surface area contributed by atoms with Crippen molar-refractivity contribution in [2.45, 2.75) is 76.7 Å². The zero-order chi connectivity index (χ0) is 32.9. The molecule has 1 unspecified atom stereocenters. The Morgan fingerprint density at radius 1 is 0.911 bits per heavy atom. The highest BCUT2D eigenvalue weighted by Crippen LogP contribution is 2.47. The third-order valence-corrected chi connectivity index (χ3v) is 8.24. The van der Waals surface area contributed by atoms with Gasteiger partial charge in [0.25, 0.3) is 0 Å². The van der Waals surface area contributed by atoms with E-state index < -0.39 is 53.7 Å². The van der Waals surface area contributed by atoms with Crippen molar-refractivity contribution in [3.63, 3.8) is 0 Å². The van der Waals surface area contributed by atoms with Crippen LogP contribution in [0.2, 0.25) is 0 Å². The van der Waals surface area contributed by atoms with Crippen molar-refractivity contribution >= 4 is 5.69 Å². The van der Waals surface area contributed by atoms with Gasteiger partial charge in [0.2, 0.25) is 0 Å². The number of alkyl halides is 9. The first-order valence-corrected chi connectivity index (χ1v) is 14.4. The molecule has 5 rings (SSSR count). The molecule has 45 heavy (non-hydrogen) atoms. The van der Waals surface area contributed by atoms with Crippen molar-refractivity contribution in [1.82, 2.24) is 25.5 Å². The van der Waals surface area contributed by atoms with Crippen LogP contribution in [0.3, 0.4) is 0 Å². The Hall–Kier alpha value is -3.40. The molecule has 1 saturated carbocycles. The number of tetrazole rings is 1.